The van der Waals surface area contributed by atoms with Crippen LogP contribution in [0.15, 0.2) is 71.0 Å². The zero-order valence-corrected chi connectivity index (χ0v) is 15.1. The molecule has 0 spiro atoms. The van der Waals surface area contributed by atoms with Crippen LogP contribution in [-0.2, 0) is 6.18 Å². The van der Waals surface area contributed by atoms with Gasteiger partial charge in [-0.1, -0.05) is 36.4 Å². The highest BCUT2D eigenvalue weighted by molar-refractivity contribution is 5.89. The summed E-state index contributed by atoms with van der Waals surface area (Å²) < 4.78 is 46.7. The largest absolute Gasteiger partial charge is 0.459 e. The Hall–Kier alpha value is -3.16. The number of rotatable bonds is 4. The van der Waals surface area contributed by atoms with Gasteiger partial charge in [0, 0.05) is 4.92 Å². The highest BCUT2D eigenvalue weighted by atomic mass is 19.4. The monoisotopic (exact) mass is 390 g/mol. The number of aliphatic imine (C=N–C) groups is 1. The van der Waals surface area contributed by atoms with E-state index in [0.717, 1.165) is 6.07 Å². The van der Waals surface area contributed by atoms with Crippen LogP contribution in [0.4, 0.5) is 13.2 Å². The van der Waals surface area contributed by atoms with Crippen LogP contribution in [0.3, 0.4) is 0 Å². The van der Waals surface area contributed by atoms with Crippen LogP contribution in [0.5, 0.6) is 5.75 Å². The van der Waals surface area contributed by atoms with E-state index in [4.69, 9.17) is 4.74 Å². The van der Waals surface area contributed by atoms with E-state index in [9.17, 15) is 23.3 Å². The van der Waals surface area contributed by atoms with Gasteiger partial charge in [-0.05, 0) is 37.6 Å². The molecule has 0 N–H and O–H groups in total. The molecule has 0 saturated carbocycles. The third-order valence-corrected chi connectivity index (χ3v) is 4.53. The molecule has 3 rings (SSSR count). The number of alkyl halides is 3. The van der Waals surface area contributed by atoms with Crippen LogP contribution in [0.2, 0.25) is 0 Å². The summed E-state index contributed by atoms with van der Waals surface area (Å²) >= 11 is 0. The quantitative estimate of drug-likeness (QED) is 0.531. The van der Waals surface area contributed by atoms with E-state index in [1.165, 1.54) is 25.1 Å². The summed E-state index contributed by atoms with van der Waals surface area (Å²) in [7, 11) is 0. The fraction of sp³-hybridized carbons (Fsp3) is 0.250. The Labute approximate surface area is 159 Å². The first-order valence-electron chi connectivity index (χ1n) is 8.48. The highest BCUT2D eigenvalue weighted by Crippen LogP contribution is 2.43. The summed E-state index contributed by atoms with van der Waals surface area (Å²) in [6.45, 7) is 3.01. The predicted octanol–water partition coefficient (Wildman–Crippen LogP) is 5.22. The molecule has 2 aromatic carbocycles. The predicted molar refractivity (Wildman–Crippen MR) is 97.8 cm³/mol. The van der Waals surface area contributed by atoms with Crippen LogP contribution in [0.25, 0.3) is 0 Å². The topological polar surface area (TPSA) is 64.7 Å². The molecule has 146 valence electrons. The summed E-state index contributed by atoms with van der Waals surface area (Å²) in [6, 6.07) is 11.8. The van der Waals surface area contributed by atoms with E-state index >= 15 is 0 Å². The third-order valence-electron chi connectivity index (χ3n) is 4.53. The Bertz CT molecular complexity index is 953. The summed E-state index contributed by atoms with van der Waals surface area (Å²) in [5, 5.41) is 11.8. The van der Waals surface area contributed by atoms with E-state index in [0.29, 0.717) is 11.4 Å². The number of hydrogen-bond donors (Lipinski definition) is 0. The van der Waals surface area contributed by atoms with Crippen molar-refractivity contribution < 1.29 is 22.8 Å². The number of nitro groups is 1. The molecule has 0 aromatic heterocycles. The van der Waals surface area contributed by atoms with E-state index < -0.39 is 28.6 Å². The minimum atomic E-state index is -4.66. The third kappa shape index (κ3) is 3.76. The lowest BCUT2D eigenvalue weighted by molar-refractivity contribution is -0.506. The highest BCUT2D eigenvalue weighted by Gasteiger charge is 2.47. The van der Waals surface area contributed by atoms with Crippen LogP contribution in [-0.4, -0.2) is 16.7 Å². The van der Waals surface area contributed by atoms with Gasteiger partial charge in [-0.25, -0.2) is 0 Å². The average molecular weight is 390 g/mol. The maximum Gasteiger partial charge on any atom is 0.416 e. The van der Waals surface area contributed by atoms with Crippen molar-refractivity contribution in [1.29, 1.82) is 0 Å². The van der Waals surface area contributed by atoms with Crippen molar-refractivity contribution in [2.45, 2.75) is 32.0 Å². The zero-order valence-electron chi connectivity index (χ0n) is 15.1. The molecule has 2 unspecified atom stereocenters. The van der Waals surface area contributed by atoms with E-state index in [1.54, 1.807) is 37.3 Å². The second-order valence-corrected chi connectivity index (χ2v) is 6.41. The Kier molecular flexibility index (Phi) is 5.22. The molecule has 2 atom stereocenters. The number of halogens is 3. The van der Waals surface area contributed by atoms with Gasteiger partial charge in [0.2, 0.25) is 0 Å². The van der Waals surface area contributed by atoms with Crippen molar-refractivity contribution in [3.05, 3.63) is 87.3 Å². The number of hydrogen-bond acceptors (Lipinski definition) is 4. The average Bonchev–Trinajstić information content (AvgIpc) is 2.63. The molecule has 5 nitrogen and oxygen atoms in total. The summed E-state index contributed by atoms with van der Waals surface area (Å²) in [5.41, 5.74) is -0.703. The number of para-hydroxylation sites is 1. The van der Waals surface area contributed by atoms with E-state index in [2.05, 4.69) is 4.99 Å². The Morgan fingerprint density at radius 1 is 1.04 bits per heavy atom. The van der Waals surface area contributed by atoms with Gasteiger partial charge in [0.15, 0.2) is 0 Å². The van der Waals surface area contributed by atoms with Crippen LogP contribution in [0, 0.1) is 10.1 Å². The fourth-order valence-corrected chi connectivity index (χ4v) is 3.36. The van der Waals surface area contributed by atoms with Gasteiger partial charge in [0.25, 0.3) is 6.04 Å². The summed E-state index contributed by atoms with van der Waals surface area (Å²) in [5.74, 6) is -0.857. The minimum Gasteiger partial charge on any atom is -0.459 e. The summed E-state index contributed by atoms with van der Waals surface area (Å²) in [6.07, 6.45) is -4.66. The number of ether oxygens (including phenoxy) is 1. The van der Waals surface area contributed by atoms with Gasteiger partial charge < -0.3 is 4.74 Å². The van der Waals surface area contributed by atoms with Gasteiger partial charge in [0.05, 0.1) is 17.0 Å². The van der Waals surface area contributed by atoms with E-state index in [-0.39, 0.29) is 17.0 Å². The molecule has 1 heterocycles. The van der Waals surface area contributed by atoms with Gasteiger partial charge >= 0.3 is 6.18 Å². The van der Waals surface area contributed by atoms with Gasteiger partial charge in [-0.15, -0.1) is 0 Å². The van der Waals surface area contributed by atoms with Crippen LogP contribution in [0.1, 0.15) is 30.9 Å². The fourth-order valence-electron chi connectivity index (χ4n) is 3.36. The van der Waals surface area contributed by atoms with Crippen molar-refractivity contribution in [2.75, 3.05) is 0 Å². The Morgan fingerprint density at radius 3 is 2.25 bits per heavy atom. The molecule has 0 amide bonds. The normalized spacial score (nSPS) is 20.0. The lowest BCUT2D eigenvalue weighted by atomic mass is 9.82. The molecular formula is C20H17F3N2O3. The second kappa shape index (κ2) is 7.46. The van der Waals surface area contributed by atoms with Gasteiger partial charge in [-0.3, -0.25) is 15.1 Å². The maximum atomic E-state index is 13.6. The molecule has 2 aromatic rings. The van der Waals surface area contributed by atoms with Gasteiger partial charge in [0.1, 0.15) is 17.4 Å². The van der Waals surface area contributed by atoms with Crippen molar-refractivity contribution >= 4 is 5.71 Å². The lowest BCUT2D eigenvalue weighted by Crippen LogP contribution is -2.40. The Balaban J connectivity index is 2.21. The van der Waals surface area contributed by atoms with Crippen molar-refractivity contribution in [3.8, 4) is 5.75 Å². The zero-order chi connectivity index (χ0) is 20.5. The van der Waals surface area contributed by atoms with Crippen molar-refractivity contribution in [1.82, 2.24) is 0 Å². The molecule has 0 aliphatic carbocycles. The maximum absolute atomic E-state index is 13.6. The molecular weight excluding hydrogens is 373 g/mol. The number of benzene rings is 2. The SMILES string of the molecule is CC1=NC(C)=C(Oc2ccccc2)C(c2ccccc2C(F)(F)F)C1[N+](=O)[O-]. The van der Waals surface area contributed by atoms with Crippen molar-refractivity contribution in [2.24, 2.45) is 4.99 Å². The van der Waals surface area contributed by atoms with Crippen molar-refractivity contribution in [3.63, 3.8) is 0 Å². The first kappa shape index (κ1) is 19.6. The molecule has 1 aliphatic heterocycles. The molecule has 0 radical (unpaired) electrons. The number of nitrogens with zero attached hydrogens (tertiary/aromatic N) is 2. The van der Waals surface area contributed by atoms with Crippen LogP contribution >= 0.6 is 0 Å². The summed E-state index contributed by atoms with van der Waals surface area (Å²) in [4.78, 5) is 15.3. The number of allylic oxidation sites excluding steroid dienone is 1. The molecule has 0 fully saturated rings. The smallest absolute Gasteiger partial charge is 0.416 e. The second-order valence-electron chi connectivity index (χ2n) is 6.41. The molecule has 1 aliphatic rings. The molecule has 28 heavy (non-hydrogen) atoms. The minimum absolute atomic E-state index is 0.0372. The Morgan fingerprint density at radius 2 is 1.64 bits per heavy atom. The van der Waals surface area contributed by atoms with Crippen LogP contribution < -0.4 is 4.74 Å². The molecule has 0 bridgehead atoms. The molecule has 8 heteroatoms. The standard InChI is InChI=1S/C20H17F3N2O3/c1-12-18(25(26)27)17(15-10-6-7-11-16(15)20(21,22)23)19(13(2)24-12)28-14-8-4-3-5-9-14/h3-11,17-18H,1-2H3. The lowest BCUT2D eigenvalue weighted by Gasteiger charge is -2.30. The first-order chi connectivity index (χ1) is 13.2. The molecule has 0 saturated heterocycles. The first-order valence-corrected chi connectivity index (χ1v) is 8.48. The van der Waals surface area contributed by atoms with E-state index in [1.807, 2.05) is 0 Å². The van der Waals surface area contributed by atoms with Gasteiger partial charge in [-0.2, -0.15) is 13.2 Å².